The SMILES string of the molecule is Cc1ccc(OCc2ccccc2)c(Pc2ccccc2C=NC(C)(C)C)c1. The normalized spacial score (nSPS) is 12.1. The lowest BCUT2D eigenvalue weighted by molar-refractivity contribution is 0.309. The monoisotopic (exact) mass is 389 g/mol. The van der Waals surface area contributed by atoms with Crippen molar-refractivity contribution < 1.29 is 4.74 Å². The number of aryl methyl sites for hydroxylation is 1. The Bertz CT molecular complexity index is 942. The van der Waals surface area contributed by atoms with E-state index in [-0.39, 0.29) is 5.54 Å². The second-order valence-corrected chi connectivity index (χ2v) is 9.24. The van der Waals surface area contributed by atoms with Crippen LogP contribution in [0.3, 0.4) is 0 Å². The Kier molecular flexibility index (Phi) is 6.65. The fourth-order valence-corrected chi connectivity index (χ4v) is 4.07. The van der Waals surface area contributed by atoms with Crippen LogP contribution in [-0.2, 0) is 6.61 Å². The maximum atomic E-state index is 6.18. The van der Waals surface area contributed by atoms with Crippen LogP contribution in [0.4, 0.5) is 0 Å². The van der Waals surface area contributed by atoms with Crippen LogP contribution < -0.4 is 15.3 Å². The van der Waals surface area contributed by atoms with Crippen molar-refractivity contribution in [3.63, 3.8) is 0 Å². The lowest BCUT2D eigenvalue weighted by Crippen LogP contribution is -2.14. The first-order valence-electron chi connectivity index (χ1n) is 9.59. The van der Waals surface area contributed by atoms with Crippen molar-refractivity contribution in [2.75, 3.05) is 0 Å². The summed E-state index contributed by atoms with van der Waals surface area (Å²) < 4.78 is 6.18. The van der Waals surface area contributed by atoms with Gasteiger partial charge in [0.25, 0.3) is 0 Å². The Hall–Kier alpha value is -2.44. The molecule has 1 atom stereocenters. The third-order valence-electron chi connectivity index (χ3n) is 4.19. The van der Waals surface area contributed by atoms with Gasteiger partial charge in [0.2, 0.25) is 0 Å². The van der Waals surface area contributed by atoms with E-state index in [1.807, 2.05) is 24.4 Å². The van der Waals surface area contributed by atoms with E-state index in [4.69, 9.17) is 9.73 Å². The summed E-state index contributed by atoms with van der Waals surface area (Å²) in [6.07, 6.45) is 2.00. The topological polar surface area (TPSA) is 21.6 Å². The molecule has 0 radical (unpaired) electrons. The highest BCUT2D eigenvalue weighted by atomic mass is 31.1. The van der Waals surface area contributed by atoms with Gasteiger partial charge < -0.3 is 4.74 Å². The summed E-state index contributed by atoms with van der Waals surface area (Å²) in [5.74, 6) is 0.954. The smallest absolute Gasteiger partial charge is 0.127 e. The van der Waals surface area contributed by atoms with Crippen LogP contribution in [0.25, 0.3) is 0 Å². The highest BCUT2D eigenvalue weighted by Gasteiger charge is 2.10. The minimum Gasteiger partial charge on any atom is -0.488 e. The van der Waals surface area contributed by atoms with Crippen molar-refractivity contribution in [2.45, 2.75) is 39.8 Å². The quantitative estimate of drug-likeness (QED) is 0.407. The van der Waals surface area contributed by atoms with Gasteiger partial charge in [0.15, 0.2) is 0 Å². The van der Waals surface area contributed by atoms with Crippen LogP contribution in [0.15, 0.2) is 77.8 Å². The molecule has 144 valence electrons. The molecule has 0 saturated carbocycles. The highest BCUT2D eigenvalue weighted by molar-refractivity contribution is 7.56. The summed E-state index contributed by atoms with van der Waals surface area (Å²) in [7, 11) is 0.515. The van der Waals surface area contributed by atoms with E-state index in [1.54, 1.807) is 0 Å². The molecular formula is C25H28NOP. The van der Waals surface area contributed by atoms with Crippen LogP contribution >= 0.6 is 8.58 Å². The average Bonchev–Trinajstić information content (AvgIpc) is 2.67. The molecule has 0 heterocycles. The molecule has 0 aliphatic carbocycles. The molecule has 0 amide bonds. The Morgan fingerprint density at radius 2 is 1.61 bits per heavy atom. The molecule has 28 heavy (non-hydrogen) atoms. The van der Waals surface area contributed by atoms with Gasteiger partial charge in [-0.3, -0.25) is 4.99 Å². The summed E-state index contributed by atoms with van der Waals surface area (Å²) in [6, 6.07) is 25.2. The summed E-state index contributed by atoms with van der Waals surface area (Å²) in [4.78, 5) is 4.69. The molecule has 0 aromatic heterocycles. The largest absolute Gasteiger partial charge is 0.488 e. The molecule has 3 heteroatoms. The van der Waals surface area contributed by atoms with E-state index in [1.165, 1.54) is 27.3 Å². The molecule has 2 nitrogen and oxygen atoms in total. The molecule has 0 N–H and O–H groups in total. The van der Waals surface area contributed by atoms with Crippen LogP contribution in [0.5, 0.6) is 5.75 Å². The molecule has 1 unspecified atom stereocenters. The Morgan fingerprint density at radius 1 is 0.893 bits per heavy atom. The fourth-order valence-electron chi connectivity index (χ4n) is 2.73. The second-order valence-electron chi connectivity index (χ2n) is 7.92. The predicted molar refractivity (Wildman–Crippen MR) is 123 cm³/mol. The first-order valence-corrected chi connectivity index (χ1v) is 10.6. The van der Waals surface area contributed by atoms with E-state index in [2.05, 4.69) is 82.3 Å². The Morgan fingerprint density at radius 3 is 2.36 bits per heavy atom. The predicted octanol–water partition coefficient (Wildman–Crippen LogP) is 5.42. The summed E-state index contributed by atoms with van der Waals surface area (Å²) in [5.41, 5.74) is 3.51. The molecule has 0 aliphatic heterocycles. The number of rotatable bonds is 6. The number of benzene rings is 3. The van der Waals surface area contributed by atoms with Crippen molar-refractivity contribution in [2.24, 2.45) is 4.99 Å². The number of aliphatic imine (C=N–C) groups is 1. The van der Waals surface area contributed by atoms with Crippen molar-refractivity contribution in [1.29, 1.82) is 0 Å². The molecule has 0 saturated heterocycles. The minimum absolute atomic E-state index is 0.0798. The molecule has 0 aliphatic rings. The van der Waals surface area contributed by atoms with Gasteiger partial charge in [0, 0.05) is 17.1 Å². The Labute approximate surface area is 170 Å². The summed E-state index contributed by atoms with van der Waals surface area (Å²) in [5, 5.41) is 2.51. The number of nitrogens with zero attached hydrogens (tertiary/aromatic N) is 1. The molecule has 3 aromatic rings. The maximum absolute atomic E-state index is 6.18. The third kappa shape index (κ3) is 6.04. The van der Waals surface area contributed by atoms with Crippen molar-refractivity contribution in [1.82, 2.24) is 0 Å². The van der Waals surface area contributed by atoms with Crippen molar-refractivity contribution in [3.05, 3.63) is 89.5 Å². The molecule has 3 rings (SSSR count). The summed E-state index contributed by atoms with van der Waals surface area (Å²) >= 11 is 0. The molecule has 0 bridgehead atoms. The van der Waals surface area contributed by atoms with Crippen LogP contribution in [-0.4, -0.2) is 11.8 Å². The zero-order chi connectivity index (χ0) is 20.0. The van der Waals surface area contributed by atoms with E-state index >= 15 is 0 Å². The van der Waals surface area contributed by atoms with Crippen molar-refractivity contribution >= 4 is 25.4 Å². The minimum atomic E-state index is -0.0798. The third-order valence-corrected chi connectivity index (χ3v) is 5.58. The van der Waals surface area contributed by atoms with Gasteiger partial charge in [-0.05, 0) is 50.7 Å². The average molecular weight is 389 g/mol. The zero-order valence-corrected chi connectivity index (χ0v) is 18.1. The highest BCUT2D eigenvalue weighted by Crippen LogP contribution is 2.23. The lowest BCUT2D eigenvalue weighted by Gasteiger charge is -2.15. The van der Waals surface area contributed by atoms with Gasteiger partial charge in [0.05, 0.1) is 5.54 Å². The molecular weight excluding hydrogens is 361 g/mol. The van der Waals surface area contributed by atoms with E-state index in [0.29, 0.717) is 15.2 Å². The second kappa shape index (κ2) is 9.17. The standard InChI is InChI=1S/C25H28NOP/c1-19-14-15-22(27-18-20-10-6-5-7-11-20)24(16-19)28-23-13-9-8-12-21(23)17-26-25(2,3)4/h5-17,28H,18H2,1-4H3. The van der Waals surface area contributed by atoms with Gasteiger partial charge >= 0.3 is 0 Å². The maximum Gasteiger partial charge on any atom is 0.127 e. The molecule has 0 spiro atoms. The fraction of sp³-hybridized carbons (Fsp3) is 0.240. The van der Waals surface area contributed by atoms with Crippen molar-refractivity contribution in [3.8, 4) is 5.75 Å². The summed E-state index contributed by atoms with van der Waals surface area (Å²) in [6.45, 7) is 9.05. The van der Waals surface area contributed by atoms with E-state index in [0.717, 1.165) is 5.75 Å². The van der Waals surface area contributed by atoms with Gasteiger partial charge in [0.1, 0.15) is 12.4 Å². The van der Waals surface area contributed by atoms with Crippen LogP contribution in [0, 0.1) is 6.92 Å². The van der Waals surface area contributed by atoms with Gasteiger partial charge in [-0.2, -0.15) is 0 Å². The van der Waals surface area contributed by atoms with E-state index in [9.17, 15) is 0 Å². The lowest BCUT2D eigenvalue weighted by atomic mass is 10.1. The molecule has 0 fully saturated rings. The van der Waals surface area contributed by atoms with Gasteiger partial charge in [-0.15, -0.1) is 0 Å². The Balaban J connectivity index is 1.84. The van der Waals surface area contributed by atoms with Crippen LogP contribution in [0.1, 0.15) is 37.5 Å². The number of hydrogen-bond acceptors (Lipinski definition) is 2. The first-order chi connectivity index (χ1) is 13.4. The molecule has 3 aromatic carbocycles. The van der Waals surface area contributed by atoms with Gasteiger partial charge in [-0.1, -0.05) is 74.8 Å². The zero-order valence-electron chi connectivity index (χ0n) is 17.1. The van der Waals surface area contributed by atoms with Gasteiger partial charge in [-0.25, -0.2) is 0 Å². The number of ether oxygens (including phenoxy) is 1. The van der Waals surface area contributed by atoms with E-state index < -0.39 is 0 Å². The first kappa shape index (κ1) is 20.3. The van der Waals surface area contributed by atoms with Crippen LogP contribution in [0.2, 0.25) is 0 Å². The number of hydrogen-bond donors (Lipinski definition) is 0.